The summed E-state index contributed by atoms with van der Waals surface area (Å²) in [6, 6.07) is 0. The Hall–Kier alpha value is -0.990. The Kier molecular flexibility index (Phi) is 2.78. The molecular formula is C6H11NO2. The lowest BCUT2D eigenvalue weighted by Gasteiger charge is -2.00. The Balaban J connectivity index is 3.92. The minimum Gasteiger partial charge on any atom is -0.415 e. The second-order valence-corrected chi connectivity index (χ2v) is 1.98. The molecule has 0 aliphatic rings. The Bertz CT molecular complexity index is 145. The van der Waals surface area contributed by atoms with Gasteiger partial charge in [-0.15, -0.1) is 0 Å². The topological polar surface area (TPSA) is 52.3 Å². The first-order valence-corrected chi connectivity index (χ1v) is 2.65. The SMILES string of the molecule is CC(C)=C(C)OC(N)=O. The molecule has 0 aliphatic carbocycles. The lowest BCUT2D eigenvalue weighted by atomic mass is 10.3. The molecule has 0 rings (SSSR count). The van der Waals surface area contributed by atoms with E-state index in [9.17, 15) is 4.79 Å². The molecule has 0 spiro atoms. The molecule has 52 valence electrons. The summed E-state index contributed by atoms with van der Waals surface area (Å²) in [6.07, 6.45) is -0.756. The van der Waals surface area contributed by atoms with Crippen molar-refractivity contribution in [2.45, 2.75) is 20.8 Å². The number of hydrogen-bond donors (Lipinski definition) is 1. The number of rotatable bonds is 1. The highest BCUT2D eigenvalue weighted by Crippen LogP contribution is 2.01. The van der Waals surface area contributed by atoms with Gasteiger partial charge in [0.15, 0.2) is 0 Å². The van der Waals surface area contributed by atoms with Crippen LogP contribution in [0.1, 0.15) is 20.8 Å². The molecule has 3 nitrogen and oxygen atoms in total. The first-order valence-electron chi connectivity index (χ1n) is 2.65. The molecule has 9 heavy (non-hydrogen) atoms. The number of primary amides is 1. The van der Waals surface area contributed by atoms with Crippen LogP contribution in [0.2, 0.25) is 0 Å². The van der Waals surface area contributed by atoms with E-state index >= 15 is 0 Å². The fraction of sp³-hybridized carbons (Fsp3) is 0.500. The molecule has 0 aromatic heterocycles. The van der Waals surface area contributed by atoms with Gasteiger partial charge < -0.3 is 10.5 Å². The van der Waals surface area contributed by atoms with Gasteiger partial charge in [-0.2, -0.15) is 0 Å². The van der Waals surface area contributed by atoms with Gasteiger partial charge in [-0.05, 0) is 26.3 Å². The third-order valence-corrected chi connectivity index (χ3v) is 0.958. The maximum atomic E-state index is 10.1. The van der Waals surface area contributed by atoms with Crippen LogP contribution in [0.5, 0.6) is 0 Å². The normalized spacial score (nSPS) is 8.33. The molecule has 0 unspecified atom stereocenters. The van der Waals surface area contributed by atoms with Gasteiger partial charge in [0.05, 0.1) is 0 Å². The van der Waals surface area contributed by atoms with E-state index in [2.05, 4.69) is 4.74 Å². The van der Waals surface area contributed by atoms with Gasteiger partial charge in [0.25, 0.3) is 0 Å². The van der Waals surface area contributed by atoms with Crippen LogP contribution in [-0.4, -0.2) is 6.09 Å². The number of nitrogens with two attached hydrogens (primary N) is 1. The lowest BCUT2D eigenvalue weighted by Crippen LogP contribution is -2.11. The number of carbonyl (C=O) groups is 1. The van der Waals surface area contributed by atoms with Crippen LogP contribution in [-0.2, 0) is 4.74 Å². The molecule has 0 fully saturated rings. The maximum absolute atomic E-state index is 10.1. The molecular weight excluding hydrogens is 118 g/mol. The zero-order valence-electron chi connectivity index (χ0n) is 5.89. The number of carbonyl (C=O) groups excluding carboxylic acids is 1. The lowest BCUT2D eigenvalue weighted by molar-refractivity contribution is 0.186. The summed E-state index contributed by atoms with van der Waals surface area (Å²) in [5.74, 6) is 0.572. The van der Waals surface area contributed by atoms with E-state index in [1.165, 1.54) is 0 Å². The predicted molar refractivity (Wildman–Crippen MR) is 34.7 cm³/mol. The molecule has 0 saturated heterocycles. The molecule has 0 radical (unpaired) electrons. The molecule has 0 heterocycles. The van der Waals surface area contributed by atoms with Gasteiger partial charge in [-0.25, -0.2) is 4.79 Å². The second-order valence-electron chi connectivity index (χ2n) is 1.98. The van der Waals surface area contributed by atoms with Crippen molar-refractivity contribution in [3.8, 4) is 0 Å². The molecule has 0 saturated carbocycles. The Morgan fingerprint density at radius 3 is 1.89 bits per heavy atom. The van der Waals surface area contributed by atoms with Crippen molar-refractivity contribution in [2.75, 3.05) is 0 Å². The third kappa shape index (κ3) is 3.58. The Morgan fingerprint density at radius 2 is 1.78 bits per heavy atom. The van der Waals surface area contributed by atoms with Gasteiger partial charge >= 0.3 is 6.09 Å². The number of amides is 1. The van der Waals surface area contributed by atoms with Crippen molar-refractivity contribution in [2.24, 2.45) is 5.73 Å². The van der Waals surface area contributed by atoms with E-state index in [1.54, 1.807) is 6.92 Å². The first kappa shape index (κ1) is 8.01. The standard InChI is InChI=1S/C6H11NO2/c1-4(2)5(3)9-6(7)8/h1-3H3,(H2,7,8). The fourth-order valence-electron chi connectivity index (χ4n) is 0.253. The summed E-state index contributed by atoms with van der Waals surface area (Å²) in [5, 5.41) is 0. The monoisotopic (exact) mass is 129 g/mol. The highest BCUT2D eigenvalue weighted by atomic mass is 16.5. The van der Waals surface area contributed by atoms with Crippen LogP contribution in [0.25, 0.3) is 0 Å². The van der Waals surface area contributed by atoms with Crippen LogP contribution < -0.4 is 5.73 Å². The van der Waals surface area contributed by atoms with Crippen LogP contribution in [0, 0.1) is 0 Å². The molecule has 0 aliphatic heterocycles. The number of ether oxygens (including phenoxy) is 1. The molecule has 1 amide bonds. The predicted octanol–water partition coefficient (Wildman–Crippen LogP) is 1.40. The zero-order valence-corrected chi connectivity index (χ0v) is 5.89. The molecule has 3 heteroatoms. The molecule has 0 aromatic rings. The summed E-state index contributed by atoms with van der Waals surface area (Å²) < 4.78 is 4.53. The summed E-state index contributed by atoms with van der Waals surface area (Å²) in [7, 11) is 0. The van der Waals surface area contributed by atoms with Gasteiger partial charge in [-0.3, -0.25) is 0 Å². The average molecular weight is 129 g/mol. The van der Waals surface area contributed by atoms with Gasteiger partial charge in [0, 0.05) is 0 Å². The quantitative estimate of drug-likeness (QED) is 0.544. The van der Waals surface area contributed by atoms with Crippen molar-refractivity contribution in [1.29, 1.82) is 0 Å². The van der Waals surface area contributed by atoms with Crippen LogP contribution in [0.3, 0.4) is 0 Å². The highest BCUT2D eigenvalue weighted by Gasteiger charge is 1.95. The van der Waals surface area contributed by atoms with Crippen LogP contribution in [0.15, 0.2) is 11.3 Å². The summed E-state index contributed by atoms with van der Waals surface area (Å²) >= 11 is 0. The van der Waals surface area contributed by atoms with Crippen molar-refractivity contribution in [3.05, 3.63) is 11.3 Å². The van der Waals surface area contributed by atoms with E-state index in [0.29, 0.717) is 5.76 Å². The van der Waals surface area contributed by atoms with Crippen molar-refractivity contribution in [3.63, 3.8) is 0 Å². The smallest absolute Gasteiger partial charge is 0.409 e. The number of hydrogen-bond acceptors (Lipinski definition) is 2. The van der Waals surface area contributed by atoms with Crippen molar-refractivity contribution in [1.82, 2.24) is 0 Å². The Morgan fingerprint density at radius 1 is 1.33 bits per heavy atom. The molecule has 0 aromatic carbocycles. The largest absolute Gasteiger partial charge is 0.415 e. The minimum atomic E-state index is -0.756. The van der Waals surface area contributed by atoms with Gasteiger partial charge in [0.1, 0.15) is 5.76 Å². The first-order chi connectivity index (χ1) is 4.04. The summed E-state index contributed by atoms with van der Waals surface area (Å²) in [4.78, 5) is 10.1. The van der Waals surface area contributed by atoms with Crippen molar-refractivity contribution < 1.29 is 9.53 Å². The second kappa shape index (κ2) is 3.12. The Labute approximate surface area is 54.5 Å². The molecule has 0 atom stereocenters. The average Bonchev–Trinajstić information content (AvgIpc) is 1.63. The molecule has 0 bridgehead atoms. The van der Waals surface area contributed by atoms with E-state index in [0.717, 1.165) is 5.57 Å². The maximum Gasteiger partial charge on any atom is 0.409 e. The fourth-order valence-corrected chi connectivity index (χ4v) is 0.253. The molecule has 2 N–H and O–H groups in total. The van der Waals surface area contributed by atoms with E-state index < -0.39 is 6.09 Å². The van der Waals surface area contributed by atoms with E-state index in [1.807, 2.05) is 13.8 Å². The number of allylic oxidation sites excluding steroid dienone is 2. The van der Waals surface area contributed by atoms with Crippen LogP contribution in [0.4, 0.5) is 4.79 Å². The summed E-state index contributed by atoms with van der Waals surface area (Å²) in [6.45, 7) is 5.39. The van der Waals surface area contributed by atoms with Gasteiger partial charge in [-0.1, -0.05) is 0 Å². The van der Waals surface area contributed by atoms with Crippen LogP contribution >= 0.6 is 0 Å². The minimum absolute atomic E-state index is 0.572. The van der Waals surface area contributed by atoms with Crippen molar-refractivity contribution >= 4 is 6.09 Å². The van der Waals surface area contributed by atoms with E-state index in [-0.39, 0.29) is 0 Å². The highest BCUT2D eigenvalue weighted by molar-refractivity contribution is 5.65. The zero-order chi connectivity index (χ0) is 7.44. The van der Waals surface area contributed by atoms with Gasteiger partial charge in [0.2, 0.25) is 0 Å². The summed E-state index contributed by atoms with van der Waals surface area (Å²) in [5.41, 5.74) is 5.69. The third-order valence-electron chi connectivity index (χ3n) is 0.958. The van der Waals surface area contributed by atoms with E-state index in [4.69, 9.17) is 5.73 Å².